The lowest BCUT2D eigenvalue weighted by molar-refractivity contribution is 0.408. The van der Waals surface area contributed by atoms with Crippen LogP contribution in [0.2, 0.25) is 0 Å². The molecule has 0 aliphatic carbocycles. The second-order valence-corrected chi connectivity index (χ2v) is 4.15. The van der Waals surface area contributed by atoms with Crippen molar-refractivity contribution in [2.24, 2.45) is 0 Å². The summed E-state index contributed by atoms with van der Waals surface area (Å²) in [4.78, 5) is 8.32. The SMILES string of the molecule is CC(C)(C)n1cnc2cnccc21. The third kappa shape index (κ3) is 1.30. The van der Waals surface area contributed by atoms with Gasteiger partial charge >= 0.3 is 0 Å². The van der Waals surface area contributed by atoms with Crippen LogP contribution in [0.5, 0.6) is 0 Å². The lowest BCUT2D eigenvalue weighted by atomic mass is 10.1. The fraction of sp³-hybridized carbons (Fsp3) is 0.400. The van der Waals surface area contributed by atoms with E-state index in [1.54, 1.807) is 12.4 Å². The van der Waals surface area contributed by atoms with Gasteiger partial charge in [0.15, 0.2) is 0 Å². The molecule has 0 unspecified atom stereocenters. The van der Waals surface area contributed by atoms with Crippen LogP contribution in [0.3, 0.4) is 0 Å². The van der Waals surface area contributed by atoms with Gasteiger partial charge in [-0.3, -0.25) is 4.98 Å². The van der Waals surface area contributed by atoms with Gasteiger partial charge in [-0.15, -0.1) is 0 Å². The van der Waals surface area contributed by atoms with Gasteiger partial charge in [0.25, 0.3) is 0 Å². The molecular formula is C10H13N3. The van der Waals surface area contributed by atoms with E-state index in [2.05, 4.69) is 35.3 Å². The molecule has 0 saturated carbocycles. The van der Waals surface area contributed by atoms with Gasteiger partial charge in [0.2, 0.25) is 0 Å². The molecule has 3 nitrogen and oxygen atoms in total. The summed E-state index contributed by atoms with van der Waals surface area (Å²) in [6.07, 6.45) is 5.45. The standard InChI is InChI=1S/C10H13N3/c1-10(2,3)13-7-12-8-6-11-5-4-9(8)13/h4-7H,1-3H3. The van der Waals surface area contributed by atoms with E-state index in [-0.39, 0.29) is 5.54 Å². The lowest BCUT2D eigenvalue weighted by Gasteiger charge is -2.21. The lowest BCUT2D eigenvalue weighted by Crippen LogP contribution is -2.20. The van der Waals surface area contributed by atoms with Gasteiger partial charge in [0.05, 0.1) is 18.0 Å². The van der Waals surface area contributed by atoms with Crippen molar-refractivity contribution in [3.05, 3.63) is 24.8 Å². The fourth-order valence-electron chi connectivity index (χ4n) is 1.40. The maximum atomic E-state index is 4.29. The Labute approximate surface area is 77.4 Å². The van der Waals surface area contributed by atoms with Crippen molar-refractivity contribution in [2.45, 2.75) is 26.3 Å². The molecule has 2 aromatic rings. The number of aromatic nitrogens is 3. The van der Waals surface area contributed by atoms with Gasteiger partial charge in [-0.1, -0.05) is 0 Å². The van der Waals surface area contributed by atoms with Crippen molar-refractivity contribution < 1.29 is 0 Å². The maximum Gasteiger partial charge on any atom is 0.107 e. The molecule has 0 atom stereocenters. The summed E-state index contributed by atoms with van der Waals surface area (Å²) in [6, 6.07) is 1.99. The summed E-state index contributed by atoms with van der Waals surface area (Å²) in [5, 5.41) is 0. The Morgan fingerprint density at radius 2 is 2.08 bits per heavy atom. The summed E-state index contributed by atoms with van der Waals surface area (Å²) in [7, 11) is 0. The van der Waals surface area contributed by atoms with Gasteiger partial charge in [0.1, 0.15) is 5.52 Å². The third-order valence-corrected chi connectivity index (χ3v) is 2.07. The van der Waals surface area contributed by atoms with E-state index < -0.39 is 0 Å². The highest BCUT2D eigenvalue weighted by atomic mass is 15.1. The second-order valence-electron chi connectivity index (χ2n) is 4.15. The second kappa shape index (κ2) is 2.55. The number of imidazole rings is 1. The Morgan fingerprint density at radius 1 is 1.31 bits per heavy atom. The highest BCUT2D eigenvalue weighted by molar-refractivity contribution is 5.74. The average Bonchev–Trinajstić information content (AvgIpc) is 2.45. The largest absolute Gasteiger partial charge is 0.325 e. The van der Waals surface area contributed by atoms with E-state index in [1.807, 2.05) is 12.4 Å². The van der Waals surface area contributed by atoms with Crippen molar-refractivity contribution in [1.82, 2.24) is 14.5 Å². The molecule has 3 heteroatoms. The Morgan fingerprint density at radius 3 is 2.77 bits per heavy atom. The number of pyridine rings is 1. The molecule has 0 bridgehead atoms. The quantitative estimate of drug-likeness (QED) is 0.614. The summed E-state index contributed by atoms with van der Waals surface area (Å²) in [6.45, 7) is 6.48. The molecule has 0 aliphatic heterocycles. The summed E-state index contributed by atoms with van der Waals surface area (Å²) >= 11 is 0. The van der Waals surface area contributed by atoms with E-state index >= 15 is 0 Å². The number of nitrogens with zero attached hydrogens (tertiary/aromatic N) is 3. The Kier molecular flexibility index (Phi) is 1.62. The van der Waals surface area contributed by atoms with Gasteiger partial charge in [0, 0.05) is 11.7 Å². The molecule has 2 heterocycles. The summed E-state index contributed by atoms with van der Waals surface area (Å²) in [5.74, 6) is 0. The molecule has 0 spiro atoms. The predicted octanol–water partition coefficient (Wildman–Crippen LogP) is 2.19. The zero-order valence-corrected chi connectivity index (χ0v) is 8.15. The average molecular weight is 175 g/mol. The molecule has 2 rings (SSSR count). The van der Waals surface area contributed by atoms with Crippen molar-refractivity contribution >= 4 is 11.0 Å². The van der Waals surface area contributed by atoms with E-state index in [9.17, 15) is 0 Å². The summed E-state index contributed by atoms with van der Waals surface area (Å²) in [5.41, 5.74) is 2.18. The first kappa shape index (κ1) is 8.23. The normalized spacial score (nSPS) is 12.2. The predicted molar refractivity (Wildman–Crippen MR) is 52.5 cm³/mol. The van der Waals surface area contributed by atoms with Crippen LogP contribution in [-0.4, -0.2) is 14.5 Å². The Balaban J connectivity index is 2.72. The first-order valence-electron chi connectivity index (χ1n) is 4.36. The molecule has 0 saturated heterocycles. The molecule has 0 radical (unpaired) electrons. The Hall–Kier alpha value is -1.38. The first-order chi connectivity index (χ1) is 6.09. The van der Waals surface area contributed by atoms with Gasteiger partial charge < -0.3 is 4.57 Å². The highest BCUT2D eigenvalue weighted by Gasteiger charge is 2.15. The number of rotatable bonds is 0. The zero-order valence-electron chi connectivity index (χ0n) is 8.15. The van der Waals surface area contributed by atoms with Gasteiger partial charge in [-0.05, 0) is 26.8 Å². The van der Waals surface area contributed by atoms with Crippen molar-refractivity contribution in [2.75, 3.05) is 0 Å². The minimum absolute atomic E-state index is 0.0795. The number of fused-ring (bicyclic) bond motifs is 1. The zero-order chi connectivity index (χ0) is 9.47. The number of hydrogen-bond donors (Lipinski definition) is 0. The molecule has 0 amide bonds. The minimum atomic E-state index is 0.0795. The maximum absolute atomic E-state index is 4.29. The van der Waals surface area contributed by atoms with Crippen molar-refractivity contribution in [3.8, 4) is 0 Å². The Bertz CT molecular complexity index is 423. The van der Waals surface area contributed by atoms with Crippen LogP contribution in [0.15, 0.2) is 24.8 Å². The van der Waals surface area contributed by atoms with E-state index in [0.717, 1.165) is 11.0 Å². The minimum Gasteiger partial charge on any atom is -0.325 e. The highest BCUT2D eigenvalue weighted by Crippen LogP contribution is 2.20. The molecular weight excluding hydrogens is 162 g/mol. The molecule has 0 aliphatic rings. The van der Waals surface area contributed by atoms with Crippen molar-refractivity contribution in [1.29, 1.82) is 0 Å². The van der Waals surface area contributed by atoms with Crippen molar-refractivity contribution in [3.63, 3.8) is 0 Å². The summed E-state index contributed by atoms with van der Waals surface area (Å²) < 4.78 is 2.16. The molecule has 13 heavy (non-hydrogen) atoms. The first-order valence-corrected chi connectivity index (χ1v) is 4.36. The van der Waals surface area contributed by atoms with Gasteiger partial charge in [-0.25, -0.2) is 4.98 Å². The smallest absolute Gasteiger partial charge is 0.107 e. The molecule has 68 valence electrons. The molecule has 0 N–H and O–H groups in total. The molecule has 2 aromatic heterocycles. The number of hydrogen-bond acceptors (Lipinski definition) is 2. The van der Waals surface area contributed by atoms with Crippen LogP contribution >= 0.6 is 0 Å². The molecule has 0 aromatic carbocycles. The van der Waals surface area contributed by atoms with E-state index in [0.29, 0.717) is 0 Å². The van der Waals surface area contributed by atoms with E-state index in [4.69, 9.17) is 0 Å². The molecule has 0 fully saturated rings. The third-order valence-electron chi connectivity index (χ3n) is 2.07. The van der Waals surface area contributed by atoms with Crippen LogP contribution in [0.25, 0.3) is 11.0 Å². The topological polar surface area (TPSA) is 30.7 Å². The van der Waals surface area contributed by atoms with Gasteiger partial charge in [-0.2, -0.15) is 0 Å². The monoisotopic (exact) mass is 175 g/mol. The fourth-order valence-corrected chi connectivity index (χ4v) is 1.40. The van der Waals surface area contributed by atoms with Crippen LogP contribution in [0.4, 0.5) is 0 Å². The van der Waals surface area contributed by atoms with E-state index in [1.165, 1.54) is 0 Å². The van der Waals surface area contributed by atoms with Crippen LogP contribution in [0, 0.1) is 0 Å². The van der Waals surface area contributed by atoms with Crippen LogP contribution in [0.1, 0.15) is 20.8 Å². The van der Waals surface area contributed by atoms with Crippen LogP contribution < -0.4 is 0 Å². The van der Waals surface area contributed by atoms with Crippen LogP contribution in [-0.2, 0) is 5.54 Å².